The first-order valence-corrected chi connectivity index (χ1v) is 7.13. The second kappa shape index (κ2) is 5.08. The van der Waals surface area contributed by atoms with E-state index in [4.69, 9.17) is 5.73 Å². The minimum absolute atomic E-state index is 0.654. The summed E-state index contributed by atoms with van der Waals surface area (Å²) in [5.74, 6) is 0. The summed E-state index contributed by atoms with van der Waals surface area (Å²) >= 11 is 0. The van der Waals surface area contributed by atoms with Gasteiger partial charge in [-0.3, -0.25) is 4.98 Å². The average molecular weight is 255 g/mol. The van der Waals surface area contributed by atoms with E-state index in [1.165, 1.54) is 37.8 Å². The normalized spacial score (nSPS) is 16.7. The Kier molecular flexibility index (Phi) is 3.28. The summed E-state index contributed by atoms with van der Waals surface area (Å²) < 4.78 is 0. The molecule has 1 aliphatic rings. The molecule has 3 rings (SSSR count). The minimum Gasteiger partial charge on any atom is -0.397 e. The second-order valence-electron chi connectivity index (χ2n) is 5.48. The van der Waals surface area contributed by atoms with E-state index in [2.05, 4.69) is 29.1 Å². The van der Waals surface area contributed by atoms with Gasteiger partial charge in [-0.05, 0) is 37.1 Å². The van der Waals surface area contributed by atoms with Crippen molar-refractivity contribution in [3.05, 3.63) is 30.5 Å². The van der Waals surface area contributed by atoms with Gasteiger partial charge in [0, 0.05) is 30.4 Å². The van der Waals surface area contributed by atoms with E-state index in [1.807, 2.05) is 18.3 Å². The maximum Gasteiger partial charge on any atom is 0.0951 e. The van der Waals surface area contributed by atoms with E-state index in [1.54, 1.807) is 0 Å². The number of hydrogen-bond acceptors (Lipinski definition) is 3. The van der Waals surface area contributed by atoms with Crippen molar-refractivity contribution in [2.24, 2.45) is 0 Å². The molecule has 2 aromatic rings. The SMILES string of the molecule is CN(c1ccc(N)c2ncccc12)C1CCCCC1. The van der Waals surface area contributed by atoms with Crippen LogP contribution in [0.2, 0.25) is 0 Å². The van der Waals surface area contributed by atoms with E-state index < -0.39 is 0 Å². The van der Waals surface area contributed by atoms with Gasteiger partial charge < -0.3 is 10.6 Å². The Balaban J connectivity index is 2.02. The molecular formula is C16H21N3. The maximum atomic E-state index is 6.02. The van der Waals surface area contributed by atoms with E-state index in [0.29, 0.717) is 6.04 Å². The van der Waals surface area contributed by atoms with Gasteiger partial charge in [0.15, 0.2) is 0 Å². The van der Waals surface area contributed by atoms with Crippen molar-refractivity contribution in [2.75, 3.05) is 17.7 Å². The van der Waals surface area contributed by atoms with Crippen molar-refractivity contribution >= 4 is 22.3 Å². The van der Waals surface area contributed by atoms with Crippen LogP contribution in [0.25, 0.3) is 10.9 Å². The zero-order valence-electron chi connectivity index (χ0n) is 11.5. The predicted octanol–water partition coefficient (Wildman–Crippen LogP) is 3.59. The molecule has 3 nitrogen and oxygen atoms in total. The van der Waals surface area contributed by atoms with Crippen molar-refractivity contribution in [2.45, 2.75) is 38.1 Å². The lowest BCUT2D eigenvalue weighted by Crippen LogP contribution is -2.33. The van der Waals surface area contributed by atoms with Crippen LogP contribution in [-0.4, -0.2) is 18.1 Å². The molecule has 0 amide bonds. The van der Waals surface area contributed by atoms with Crippen LogP contribution in [0.1, 0.15) is 32.1 Å². The van der Waals surface area contributed by atoms with E-state index in [9.17, 15) is 0 Å². The van der Waals surface area contributed by atoms with Crippen molar-refractivity contribution in [3.8, 4) is 0 Å². The number of anilines is 2. The van der Waals surface area contributed by atoms with Gasteiger partial charge >= 0.3 is 0 Å². The molecule has 0 unspecified atom stereocenters. The number of hydrogen-bond donors (Lipinski definition) is 1. The Hall–Kier alpha value is -1.77. The van der Waals surface area contributed by atoms with Crippen LogP contribution >= 0.6 is 0 Å². The van der Waals surface area contributed by atoms with Crippen LogP contribution in [-0.2, 0) is 0 Å². The summed E-state index contributed by atoms with van der Waals surface area (Å²) in [5.41, 5.74) is 8.96. The Labute approximate surface area is 114 Å². The van der Waals surface area contributed by atoms with Gasteiger partial charge in [-0.2, -0.15) is 0 Å². The summed E-state index contributed by atoms with van der Waals surface area (Å²) in [5, 5.41) is 1.16. The molecule has 0 bridgehead atoms. The predicted molar refractivity (Wildman–Crippen MR) is 81.4 cm³/mol. The smallest absolute Gasteiger partial charge is 0.0951 e. The fourth-order valence-corrected chi connectivity index (χ4v) is 3.15. The quantitative estimate of drug-likeness (QED) is 0.834. The fraction of sp³-hybridized carbons (Fsp3) is 0.438. The maximum absolute atomic E-state index is 6.02. The molecule has 19 heavy (non-hydrogen) atoms. The van der Waals surface area contributed by atoms with Crippen LogP contribution in [0.4, 0.5) is 11.4 Å². The zero-order valence-corrected chi connectivity index (χ0v) is 11.5. The van der Waals surface area contributed by atoms with Crippen molar-refractivity contribution in [3.63, 3.8) is 0 Å². The number of benzene rings is 1. The Bertz CT molecular complexity index is 573. The summed E-state index contributed by atoms with van der Waals surface area (Å²) in [6.45, 7) is 0. The topological polar surface area (TPSA) is 42.1 Å². The van der Waals surface area contributed by atoms with E-state index >= 15 is 0 Å². The third-order valence-electron chi connectivity index (χ3n) is 4.28. The monoisotopic (exact) mass is 255 g/mol. The van der Waals surface area contributed by atoms with Crippen molar-refractivity contribution in [1.29, 1.82) is 0 Å². The number of fused-ring (bicyclic) bond motifs is 1. The van der Waals surface area contributed by atoms with E-state index in [-0.39, 0.29) is 0 Å². The van der Waals surface area contributed by atoms with Crippen LogP contribution in [0.3, 0.4) is 0 Å². The molecule has 1 aromatic heterocycles. The molecule has 2 N–H and O–H groups in total. The van der Waals surface area contributed by atoms with Gasteiger partial charge in [0.1, 0.15) is 0 Å². The van der Waals surface area contributed by atoms with Crippen molar-refractivity contribution in [1.82, 2.24) is 4.98 Å². The molecule has 1 heterocycles. The van der Waals surface area contributed by atoms with Crippen LogP contribution in [0.5, 0.6) is 0 Å². The Morgan fingerprint density at radius 2 is 1.95 bits per heavy atom. The fourth-order valence-electron chi connectivity index (χ4n) is 3.15. The molecule has 1 aromatic carbocycles. The Morgan fingerprint density at radius 3 is 2.74 bits per heavy atom. The first kappa shape index (κ1) is 12.3. The molecule has 0 spiro atoms. The van der Waals surface area contributed by atoms with Crippen LogP contribution in [0.15, 0.2) is 30.5 Å². The first-order chi connectivity index (χ1) is 9.27. The lowest BCUT2D eigenvalue weighted by atomic mass is 9.94. The van der Waals surface area contributed by atoms with Gasteiger partial charge in [0.05, 0.1) is 11.2 Å². The molecule has 1 saturated carbocycles. The van der Waals surface area contributed by atoms with Crippen molar-refractivity contribution < 1.29 is 0 Å². The average Bonchev–Trinajstić information content (AvgIpc) is 2.48. The number of aromatic nitrogens is 1. The number of pyridine rings is 1. The standard InChI is InChI=1S/C16H21N3/c1-19(12-6-3-2-4-7-12)15-10-9-14(17)16-13(15)8-5-11-18-16/h5,8-12H,2-4,6-7,17H2,1H3. The summed E-state index contributed by atoms with van der Waals surface area (Å²) in [6, 6.07) is 8.87. The molecule has 0 aliphatic heterocycles. The van der Waals surface area contributed by atoms with Gasteiger partial charge in [-0.1, -0.05) is 19.3 Å². The van der Waals surface area contributed by atoms with E-state index in [0.717, 1.165) is 16.6 Å². The Morgan fingerprint density at radius 1 is 1.16 bits per heavy atom. The second-order valence-corrected chi connectivity index (χ2v) is 5.48. The number of nitrogens with two attached hydrogens (primary N) is 1. The molecule has 100 valence electrons. The lowest BCUT2D eigenvalue weighted by molar-refractivity contribution is 0.428. The highest BCUT2D eigenvalue weighted by atomic mass is 15.1. The summed E-state index contributed by atoms with van der Waals surface area (Å²) in [7, 11) is 2.20. The number of rotatable bonds is 2. The van der Waals surface area contributed by atoms with Crippen LogP contribution in [0, 0.1) is 0 Å². The first-order valence-electron chi connectivity index (χ1n) is 7.13. The molecule has 1 fully saturated rings. The lowest BCUT2D eigenvalue weighted by Gasteiger charge is -2.33. The largest absolute Gasteiger partial charge is 0.397 e. The molecule has 0 atom stereocenters. The molecular weight excluding hydrogens is 234 g/mol. The van der Waals surface area contributed by atoms with Crippen LogP contribution < -0.4 is 10.6 Å². The summed E-state index contributed by atoms with van der Waals surface area (Å²) in [4.78, 5) is 6.84. The van der Waals surface area contributed by atoms with Gasteiger partial charge in [0.2, 0.25) is 0 Å². The highest BCUT2D eigenvalue weighted by Crippen LogP contribution is 2.32. The molecule has 0 saturated heterocycles. The third-order valence-corrected chi connectivity index (χ3v) is 4.28. The molecule has 3 heteroatoms. The minimum atomic E-state index is 0.654. The number of nitrogens with zero attached hydrogens (tertiary/aromatic N) is 2. The molecule has 1 aliphatic carbocycles. The highest BCUT2D eigenvalue weighted by molar-refractivity contribution is 5.98. The summed E-state index contributed by atoms with van der Waals surface area (Å²) in [6.07, 6.45) is 8.48. The van der Waals surface area contributed by atoms with Gasteiger partial charge in [-0.25, -0.2) is 0 Å². The van der Waals surface area contributed by atoms with Gasteiger partial charge in [0.25, 0.3) is 0 Å². The highest BCUT2D eigenvalue weighted by Gasteiger charge is 2.20. The van der Waals surface area contributed by atoms with Gasteiger partial charge in [-0.15, -0.1) is 0 Å². The zero-order chi connectivity index (χ0) is 13.2. The third kappa shape index (κ3) is 2.25. The number of nitrogen functional groups attached to an aromatic ring is 1. The molecule has 0 radical (unpaired) electrons.